The molecule has 4 N–H and O–H groups in total. The van der Waals surface area contributed by atoms with Gasteiger partial charge in [0.2, 0.25) is 10.6 Å². The molecule has 0 aliphatic carbocycles. The smallest absolute Gasteiger partial charge is 0.226 e. The molecule has 0 bridgehead atoms. The van der Waals surface area contributed by atoms with Crippen molar-refractivity contribution in [2.45, 2.75) is 13.1 Å². The molecule has 0 atom stereocenters. The molecule has 36 heavy (non-hydrogen) atoms. The third-order valence-corrected chi connectivity index (χ3v) is 5.66. The molecule has 4 heterocycles. The van der Waals surface area contributed by atoms with Crippen molar-refractivity contribution < 1.29 is 0 Å². The fourth-order valence-electron chi connectivity index (χ4n) is 3.67. The van der Waals surface area contributed by atoms with Crippen LogP contribution in [0.3, 0.4) is 0 Å². The standard InChI is InChI=1S/2C12H10ClN5/c2*13-12-16-10(14)9-11(17-12)18(7-15-9)6-8-4-2-1-3-5-8/h2*1-5,7H,6H2,(H2,14,16,17). The predicted molar refractivity (Wildman–Crippen MR) is 141 cm³/mol. The van der Waals surface area contributed by atoms with Crippen LogP contribution in [-0.4, -0.2) is 39.0 Å². The Balaban J connectivity index is 0.000000148. The number of rotatable bonds is 4. The summed E-state index contributed by atoms with van der Waals surface area (Å²) >= 11 is 11.6. The fraction of sp³-hybridized carbons (Fsp3) is 0.0833. The highest BCUT2D eigenvalue weighted by Gasteiger charge is 2.11. The first-order valence-corrected chi connectivity index (χ1v) is 11.6. The van der Waals surface area contributed by atoms with Crippen molar-refractivity contribution in [1.29, 1.82) is 0 Å². The van der Waals surface area contributed by atoms with Crippen molar-refractivity contribution in [1.82, 2.24) is 39.0 Å². The van der Waals surface area contributed by atoms with Gasteiger partial charge in [-0.3, -0.25) is 0 Å². The topological polar surface area (TPSA) is 139 Å². The molecule has 0 aliphatic rings. The van der Waals surface area contributed by atoms with Gasteiger partial charge in [0.05, 0.1) is 25.7 Å². The van der Waals surface area contributed by atoms with Gasteiger partial charge in [-0.05, 0) is 34.3 Å². The second-order valence-electron chi connectivity index (χ2n) is 7.82. The van der Waals surface area contributed by atoms with Gasteiger partial charge in [-0.1, -0.05) is 60.7 Å². The number of imidazole rings is 2. The lowest BCUT2D eigenvalue weighted by Crippen LogP contribution is -2.01. The summed E-state index contributed by atoms with van der Waals surface area (Å²) in [6, 6.07) is 20.1. The zero-order valence-electron chi connectivity index (χ0n) is 18.8. The van der Waals surface area contributed by atoms with Crippen LogP contribution >= 0.6 is 23.2 Å². The summed E-state index contributed by atoms with van der Waals surface area (Å²) in [5.41, 5.74) is 16.3. The Hall–Kier alpha value is -4.28. The van der Waals surface area contributed by atoms with Crippen molar-refractivity contribution in [3.8, 4) is 0 Å². The zero-order valence-corrected chi connectivity index (χ0v) is 20.3. The van der Waals surface area contributed by atoms with Crippen molar-refractivity contribution in [3.05, 3.63) is 95.0 Å². The van der Waals surface area contributed by atoms with Crippen LogP contribution < -0.4 is 11.5 Å². The second-order valence-corrected chi connectivity index (χ2v) is 8.49. The van der Waals surface area contributed by atoms with Crippen LogP contribution in [0.1, 0.15) is 11.1 Å². The highest BCUT2D eigenvalue weighted by Crippen LogP contribution is 2.20. The van der Waals surface area contributed by atoms with Crippen molar-refractivity contribution in [2.75, 3.05) is 11.5 Å². The molecule has 10 nitrogen and oxygen atoms in total. The SMILES string of the molecule is Nc1nc(Cl)nc2c1ncn2Cc1ccccc1.Nc1nc(Cl)nc2c1ncn2Cc1ccccc1. The summed E-state index contributed by atoms with van der Waals surface area (Å²) in [7, 11) is 0. The third kappa shape index (κ3) is 5.04. The van der Waals surface area contributed by atoms with Crippen LogP contribution in [-0.2, 0) is 13.1 Å². The molecule has 4 aromatic heterocycles. The highest BCUT2D eigenvalue weighted by atomic mass is 35.5. The fourth-order valence-corrected chi connectivity index (χ4v) is 4.01. The first-order valence-electron chi connectivity index (χ1n) is 10.8. The Morgan fingerprint density at radius 1 is 0.583 bits per heavy atom. The van der Waals surface area contributed by atoms with Gasteiger partial charge < -0.3 is 20.6 Å². The van der Waals surface area contributed by atoms with Crippen LogP contribution in [0.25, 0.3) is 22.3 Å². The van der Waals surface area contributed by atoms with Gasteiger partial charge in [-0.15, -0.1) is 0 Å². The lowest BCUT2D eigenvalue weighted by Gasteiger charge is -2.04. The zero-order chi connectivity index (χ0) is 25.1. The molecule has 6 aromatic rings. The van der Waals surface area contributed by atoms with E-state index in [-0.39, 0.29) is 10.6 Å². The first kappa shape index (κ1) is 23.5. The van der Waals surface area contributed by atoms with E-state index in [0.29, 0.717) is 47.1 Å². The summed E-state index contributed by atoms with van der Waals surface area (Å²) in [4.78, 5) is 24.5. The van der Waals surface area contributed by atoms with Crippen molar-refractivity contribution in [2.24, 2.45) is 0 Å². The number of nitrogen functional groups attached to an aromatic ring is 2. The maximum Gasteiger partial charge on any atom is 0.226 e. The van der Waals surface area contributed by atoms with E-state index in [1.54, 1.807) is 12.7 Å². The minimum atomic E-state index is 0.134. The van der Waals surface area contributed by atoms with Gasteiger partial charge in [0.1, 0.15) is 11.0 Å². The molecule has 0 saturated heterocycles. The number of hydrogen-bond donors (Lipinski definition) is 2. The van der Waals surface area contributed by atoms with E-state index in [9.17, 15) is 0 Å². The molecular weight excluding hydrogens is 499 g/mol. The Morgan fingerprint density at radius 2 is 0.972 bits per heavy atom. The number of benzene rings is 2. The predicted octanol–water partition coefficient (Wildman–Crippen LogP) is 4.22. The Labute approximate surface area is 215 Å². The number of fused-ring (bicyclic) bond motifs is 2. The number of nitrogens with two attached hydrogens (primary N) is 2. The Bertz CT molecular complexity index is 1510. The van der Waals surface area contributed by atoms with Crippen LogP contribution in [0.5, 0.6) is 0 Å². The van der Waals surface area contributed by atoms with E-state index < -0.39 is 0 Å². The molecule has 12 heteroatoms. The van der Waals surface area contributed by atoms with Crippen LogP contribution in [0.15, 0.2) is 73.3 Å². The van der Waals surface area contributed by atoms with Gasteiger partial charge in [-0.25, -0.2) is 9.97 Å². The molecule has 180 valence electrons. The summed E-state index contributed by atoms with van der Waals surface area (Å²) < 4.78 is 3.79. The highest BCUT2D eigenvalue weighted by molar-refractivity contribution is 6.29. The Morgan fingerprint density at radius 3 is 1.36 bits per heavy atom. The Kier molecular flexibility index (Phi) is 6.61. The summed E-state index contributed by atoms with van der Waals surface area (Å²) in [6.45, 7) is 1.34. The summed E-state index contributed by atoms with van der Waals surface area (Å²) in [5, 5.41) is 0.268. The van der Waals surface area contributed by atoms with E-state index in [1.165, 1.54) is 0 Å². The number of nitrogens with zero attached hydrogens (tertiary/aromatic N) is 8. The van der Waals surface area contributed by atoms with Crippen LogP contribution in [0.2, 0.25) is 10.6 Å². The van der Waals surface area contributed by atoms with E-state index >= 15 is 0 Å². The lowest BCUT2D eigenvalue weighted by atomic mass is 10.2. The maximum atomic E-state index is 5.81. The monoisotopic (exact) mass is 518 g/mol. The quantitative estimate of drug-likeness (QED) is 0.330. The maximum absolute atomic E-state index is 5.81. The minimum Gasteiger partial charge on any atom is -0.382 e. The second kappa shape index (κ2) is 10.1. The van der Waals surface area contributed by atoms with E-state index in [2.05, 4.69) is 29.9 Å². The van der Waals surface area contributed by atoms with Gasteiger partial charge >= 0.3 is 0 Å². The van der Waals surface area contributed by atoms with Crippen LogP contribution in [0, 0.1) is 0 Å². The minimum absolute atomic E-state index is 0.134. The first-order chi connectivity index (χ1) is 17.5. The number of aromatic nitrogens is 8. The molecular formula is C24H20Cl2N10. The summed E-state index contributed by atoms with van der Waals surface area (Å²) in [6.07, 6.45) is 3.39. The molecule has 0 fully saturated rings. The number of anilines is 2. The average molecular weight is 519 g/mol. The number of hydrogen-bond acceptors (Lipinski definition) is 8. The molecule has 0 unspecified atom stereocenters. The average Bonchev–Trinajstić information content (AvgIpc) is 3.45. The molecule has 0 amide bonds. The van der Waals surface area contributed by atoms with Gasteiger partial charge in [0, 0.05) is 0 Å². The number of halogens is 2. The molecule has 0 aliphatic heterocycles. The van der Waals surface area contributed by atoms with Gasteiger partial charge in [0.25, 0.3) is 0 Å². The lowest BCUT2D eigenvalue weighted by molar-refractivity contribution is 0.813. The summed E-state index contributed by atoms with van der Waals surface area (Å²) in [5.74, 6) is 0.605. The largest absolute Gasteiger partial charge is 0.382 e. The van der Waals surface area contributed by atoms with E-state index in [4.69, 9.17) is 34.7 Å². The third-order valence-electron chi connectivity index (χ3n) is 5.32. The van der Waals surface area contributed by atoms with Gasteiger partial charge in [0.15, 0.2) is 22.9 Å². The van der Waals surface area contributed by atoms with Crippen LogP contribution in [0.4, 0.5) is 11.6 Å². The molecule has 0 radical (unpaired) electrons. The normalized spacial score (nSPS) is 10.9. The van der Waals surface area contributed by atoms with Gasteiger partial charge in [-0.2, -0.15) is 19.9 Å². The van der Waals surface area contributed by atoms with Crippen molar-refractivity contribution in [3.63, 3.8) is 0 Å². The molecule has 6 rings (SSSR count). The molecule has 2 aromatic carbocycles. The van der Waals surface area contributed by atoms with Crippen molar-refractivity contribution >= 4 is 57.2 Å². The van der Waals surface area contributed by atoms with E-state index in [1.807, 2.05) is 69.8 Å². The molecule has 0 saturated carbocycles. The molecule has 0 spiro atoms. The van der Waals surface area contributed by atoms with E-state index in [0.717, 1.165) is 11.1 Å².